The Labute approximate surface area is 133 Å². The Morgan fingerprint density at radius 2 is 1.86 bits per heavy atom. The van der Waals surface area contributed by atoms with Gasteiger partial charge in [-0.3, -0.25) is 9.59 Å². The Morgan fingerprint density at radius 1 is 1.18 bits per heavy atom. The van der Waals surface area contributed by atoms with Crippen LogP contribution in [0.3, 0.4) is 0 Å². The van der Waals surface area contributed by atoms with Crippen molar-refractivity contribution >= 4 is 17.5 Å². The molecular formula is C18H28N2O2. The lowest BCUT2D eigenvalue weighted by atomic mass is 10.1. The summed E-state index contributed by atoms with van der Waals surface area (Å²) in [6, 6.07) is 5.94. The Morgan fingerprint density at radius 3 is 2.41 bits per heavy atom. The molecule has 4 heteroatoms. The molecular weight excluding hydrogens is 276 g/mol. The number of rotatable bonds is 7. The molecule has 0 spiro atoms. The van der Waals surface area contributed by atoms with Gasteiger partial charge in [-0.25, -0.2) is 0 Å². The average molecular weight is 304 g/mol. The molecule has 1 rings (SSSR count). The van der Waals surface area contributed by atoms with E-state index < -0.39 is 0 Å². The molecule has 0 heterocycles. The number of carbonyl (C=O) groups is 2. The minimum Gasteiger partial charge on any atom is -0.342 e. The summed E-state index contributed by atoms with van der Waals surface area (Å²) in [4.78, 5) is 25.4. The first kappa shape index (κ1) is 18.2. The number of nitrogens with one attached hydrogen (secondary N) is 1. The predicted octanol–water partition coefficient (Wildman–Crippen LogP) is 3.53. The molecule has 0 atom stereocenters. The molecule has 0 fully saturated rings. The van der Waals surface area contributed by atoms with Crippen molar-refractivity contribution in [2.24, 2.45) is 5.92 Å². The molecule has 0 saturated heterocycles. The van der Waals surface area contributed by atoms with E-state index in [-0.39, 0.29) is 11.8 Å². The van der Waals surface area contributed by atoms with Crippen molar-refractivity contribution in [1.82, 2.24) is 4.90 Å². The van der Waals surface area contributed by atoms with Gasteiger partial charge < -0.3 is 10.2 Å². The maximum Gasteiger partial charge on any atom is 0.226 e. The number of nitrogens with zero attached hydrogens (tertiary/aromatic N) is 1. The van der Waals surface area contributed by atoms with Gasteiger partial charge in [-0.1, -0.05) is 31.5 Å². The molecule has 22 heavy (non-hydrogen) atoms. The molecule has 0 aromatic heterocycles. The van der Waals surface area contributed by atoms with Crippen LogP contribution in [0.4, 0.5) is 5.69 Å². The fourth-order valence-electron chi connectivity index (χ4n) is 2.24. The van der Waals surface area contributed by atoms with Gasteiger partial charge in [-0.15, -0.1) is 0 Å². The normalized spacial score (nSPS) is 10.6. The highest BCUT2D eigenvalue weighted by Gasteiger charge is 2.12. The van der Waals surface area contributed by atoms with E-state index in [0.29, 0.717) is 25.4 Å². The average Bonchev–Trinajstić information content (AvgIpc) is 2.41. The van der Waals surface area contributed by atoms with E-state index >= 15 is 0 Å². The van der Waals surface area contributed by atoms with Crippen LogP contribution in [0.25, 0.3) is 0 Å². The monoisotopic (exact) mass is 304 g/mol. The number of benzene rings is 1. The van der Waals surface area contributed by atoms with E-state index in [1.807, 2.05) is 32.0 Å². The molecule has 0 saturated carbocycles. The van der Waals surface area contributed by atoms with Gasteiger partial charge in [-0.2, -0.15) is 0 Å². The van der Waals surface area contributed by atoms with E-state index in [9.17, 15) is 9.59 Å². The summed E-state index contributed by atoms with van der Waals surface area (Å²) >= 11 is 0. The molecule has 4 nitrogen and oxygen atoms in total. The van der Waals surface area contributed by atoms with Crippen LogP contribution in [-0.2, 0) is 9.59 Å². The van der Waals surface area contributed by atoms with Crippen LogP contribution < -0.4 is 5.32 Å². The van der Waals surface area contributed by atoms with Crippen LogP contribution in [0.15, 0.2) is 18.2 Å². The zero-order valence-corrected chi connectivity index (χ0v) is 14.4. The zero-order valence-electron chi connectivity index (χ0n) is 14.4. The molecule has 2 amide bonds. The second kappa shape index (κ2) is 8.57. The molecule has 0 radical (unpaired) electrons. The minimum atomic E-state index is -0.0530. The van der Waals surface area contributed by atoms with Crippen LogP contribution in [0.5, 0.6) is 0 Å². The van der Waals surface area contributed by atoms with Crippen molar-refractivity contribution in [2.75, 3.05) is 18.4 Å². The fourth-order valence-corrected chi connectivity index (χ4v) is 2.24. The van der Waals surface area contributed by atoms with Crippen LogP contribution >= 0.6 is 0 Å². The van der Waals surface area contributed by atoms with Gasteiger partial charge in [0.2, 0.25) is 11.8 Å². The van der Waals surface area contributed by atoms with Crippen molar-refractivity contribution in [1.29, 1.82) is 0 Å². The SMILES string of the molecule is CC(=O)N(CCC(=O)Nc1ccc(C)cc1C)CCC(C)C. The lowest BCUT2D eigenvalue weighted by Gasteiger charge is -2.22. The fraction of sp³-hybridized carbons (Fsp3) is 0.556. The molecule has 0 aliphatic rings. The second-order valence-electron chi connectivity index (χ2n) is 6.31. The van der Waals surface area contributed by atoms with Crippen LogP contribution in [0, 0.1) is 19.8 Å². The summed E-state index contributed by atoms with van der Waals surface area (Å²) in [5.74, 6) is 0.522. The van der Waals surface area contributed by atoms with Crippen molar-refractivity contribution in [3.05, 3.63) is 29.3 Å². The number of hydrogen-bond acceptors (Lipinski definition) is 2. The van der Waals surface area contributed by atoms with E-state index in [2.05, 4.69) is 19.2 Å². The minimum absolute atomic E-state index is 0.0277. The van der Waals surface area contributed by atoms with Gasteiger partial charge in [0, 0.05) is 32.1 Å². The highest BCUT2D eigenvalue weighted by Crippen LogP contribution is 2.16. The van der Waals surface area contributed by atoms with Gasteiger partial charge >= 0.3 is 0 Å². The third-order valence-electron chi connectivity index (χ3n) is 3.69. The van der Waals surface area contributed by atoms with E-state index in [1.165, 1.54) is 5.56 Å². The van der Waals surface area contributed by atoms with Crippen molar-refractivity contribution in [2.45, 2.75) is 47.5 Å². The molecule has 1 aromatic carbocycles. The van der Waals surface area contributed by atoms with Gasteiger partial charge in [-0.05, 0) is 37.8 Å². The number of anilines is 1. The summed E-state index contributed by atoms with van der Waals surface area (Å²) in [7, 11) is 0. The Bertz CT molecular complexity index is 524. The predicted molar refractivity (Wildman–Crippen MR) is 90.9 cm³/mol. The summed E-state index contributed by atoms with van der Waals surface area (Å²) in [6.45, 7) is 11.0. The lowest BCUT2D eigenvalue weighted by Crippen LogP contribution is -2.33. The summed E-state index contributed by atoms with van der Waals surface area (Å²) < 4.78 is 0. The highest BCUT2D eigenvalue weighted by atomic mass is 16.2. The summed E-state index contributed by atoms with van der Waals surface area (Å²) in [5, 5.41) is 2.92. The van der Waals surface area contributed by atoms with Crippen LogP contribution in [0.2, 0.25) is 0 Å². The first-order valence-electron chi connectivity index (χ1n) is 7.92. The molecule has 0 bridgehead atoms. The second-order valence-corrected chi connectivity index (χ2v) is 6.31. The Hall–Kier alpha value is -1.84. The Balaban J connectivity index is 2.51. The first-order valence-corrected chi connectivity index (χ1v) is 7.92. The highest BCUT2D eigenvalue weighted by molar-refractivity contribution is 5.91. The molecule has 122 valence electrons. The quantitative estimate of drug-likeness (QED) is 0.838. The zero-order chi connectivity index (χ0) is 16.7. The van der Waals surface area contributed by atoms with Crippen LogP contribution in [0.1, 0.15) is 44.7 Å². The molecule has 0 aliphatic carbocycles. The van der Waals surface area contributed by atoms with Crippen molar-refractivity contribution in [3.8, 4) is 0 Å². The van der Waals surface area contributed by atoms with E-state index in [1.54, 1.807) is 11.8 Å². The first-order chi connectivity index (χ1) is 10.3. The number of hydrogen-bond donors (Lipinski definition) is 1. The third kappa shape index (κ3) is 6.29. The van der Waals surface area contributed by atoms with E-state index in [0.717, 1.165) is 17.7 Å². The molecule has 1 N–H and O–H groups in total. The van der Waals surface area contributed by atoms with Crippen molar-refractivity contribution < 1.29 is 9.59 Å². The third-order valence-corrected chi connectivity index (χ3v) is 3.69. The lowest BCUT2D eigenvalue weighted by molar-refractivity contribution is -0.129. The summed E-state index contributed by atoms with van der Waals surface area (Å²) in [6.07, 6.45) is 1.28. The van der Waals surface area contributed by atoms with E-state index in [4.69, 9.17) is 0 Å². The van der Waals surface area contributed by atoms with Gasteiger partial charge in [0.15, 0.2) is 0 Å². The largest absolute Gasteiger partial charge is 0.342 e. The van der Waals surface area contributed by atoms with Gasteiger partial charge in [0.25, 0.3) is 0 Å². The van der Waals surface area contributed by atoms with Gasteiger partial charge in [0.05, 0.1) is 0 Å². The van der Waals surface area contributed by atoms with Crippen LogP contribution in [-0.4, -0.2) is 29.8 Å². The topological polar surface area (TPSA) is 49.4 Å². The number of carbonyl (C=O) groups excluding carboxylic acids is 2. The number of aryl methyl sites for hydroxylation is 2. The van der Waals surface area contributed by atoms with Gasteiger partial charge in [0.1, 0.15) is 0 Å². The molecule has 0 unspecified atom stereocenters. The Kier molecular flexibility index (Phi) is 7.09. The molecule has 0 aliphatic heterocycles. The smallest absolute Gasteiger partial charge is 0.226 e. The maximum absolute atomic E-state index is 12.1. The van der Waals surface area contributed by atoms with Crippen molar-refractivity contribution in [3.63, 3.8) is 0 Å². The number of amides is 2. The summed E-state index contributed by atoms with van der Waals surface area (Å²) in [5.41, 5.74) is 3.07. The molecule has 1 aromatic rings. The maximum atomic E-state index is 12.1. The standard InChI is InChI=1S/C18H28N2O2/c1-13(2)8-10-20(16(5)21)11-9-18(22)19-17-7-6-14(3)12-15(17)4/h6-7,12-13H,8-11H2,1-5H3,(H,19,22).